The van der Waals surface area contributed by atoms with E-state index in [0.29, 0.717) is 32.0 Å². The molecule has 3 rings (SSSR count). The van der Waals surface area contributed by atoms with E-state index in [0.717, 1.165) is 5.56 Å². The minimum atomic E-state index is -3.57. The lowest BCUT2D eigenvalue weighted by atomic mass is 10.2. The maximum Gasteiger partial charge on any atom is 0.292 e. The summed E-state index contributed by atoms with van der Waals surface area (Å²) < 4.78 is 31.9. The zero-order chi connectivity index (χ0) is 21.0. The summed E-state index contributed by atoms with van der Waals surface area (Å²) in [5.74, 6) is 0. The lowest BCUT2D eigenvalue weighted by molar-refractivity contribution is -0.383. The van der Waals surface area contributed by atoms with Crippen LogP contribution in [0.3, 0.4) is 0 Å². The van der Waals surface area contributed by atoms with E-state index in [1.54, 1.807) is 31.2 Å². The number of nitro benzene ring substituents is 1. The van der Waals surface area contributed by atoms with Crippen LogP contribution in [-0.2, 0) is 14.8 Å². The summed E-state index contributed by atoms with van der Waals surface area (Å²) >= 11 is 5.22. The van der Waals surface area contributed by atoms with Crippen molar-refractivity contribution in [1.82, 2.24) is 4.31 Å². The number of nitrogens with zero attached hydrogens (tertiary/aromatic N) is 2. The second-order valence-electron chi connectivity index (χ2n) is 6.40. The van der Waals surface area contributed by atoms with Gasteiger partial charge in [0.1, 0.15) is 5.69 Å². The van der Waals surface area contributed by atoms with Gasteiger partial charge in [-0.2, -0.15) is 4.31 Å². The molecule has 1 aliphatic heterocycles. The molecule has 0 amide bonds. The minimum Gasteiger partial charge on any atom is -0.379 e. The Bertz CT molecular complexity index is 1020. The molecule has 0 unspecified atom stereocenters. The molecule has 0 bridgehead atoms. The van der Waals surface area contributed by atoms with Gasteiger partial charge in [0.05, 0.1) is 23.0 Å². The molecule has 1 fully saturated rings. The fourth-order valence-corrected chi connectivity index (χ4v) is 4.47. The molecule has 2 aromatic rings. The maximum atomic E-state index is 12.6. The maximum absolute atomic E-state index is 12.6. The standard InChI is InChI=1S/C18H20N4O5S2/c1-13-2-7-16(17(12-13)22(23)24)20-18(28)19-14-3-5-15(6-4-14)29(25,26)21-8-10-27-11-9-21/h2-7,12H,8-11H2,1H3,(H2,19,20,28). The zero-order valence-corrected chi connectivity index (χ0v) is 17.3. The van der Waals surface area contributed by atoms with Gasteiger partial charge in [0.2, 0.25) is 10.0 Å². The lowest BCUT2D eigenvalue weighted by Crippen LogP contribution is -2.40. The average Bonchev–Trinajstić information content (AvgIpc) is 2.70. The predicted octanol–water partition coefficient (Wildman–Crippen LogP) is 2.73. The molecule has 0 aromatic heterocycles. The van der Waals surface area contributed by atoms with Gasteiger partial charge < -0.3 is 15.4 Å². The predicted molar refractivity (Wildman–Crippen MR) is 114 cm³/mol. The fraction of sp³-hybridized carbons (Fsp3) is 0.278. The van der Waals surface area contributed by atoms with E-state index in [1.807, 2.05) is 0 Å². The molecule has 0 aliphatic carbocycles. The number of anilines is 2. The molecular weight excluding hydrogens is 416 g/mol. The molecule has 2 aromatic carbocycles. The number of ether oxygens (including phenoxy) is 1. The number of rotatable bonds is 5. The Labute approximate surface area is 173 Å². The van der Waals surface area contributed by atoms with Crippen molar-refractivity contribution >= 4 is 44.4 Å². The Hall–Kier alpha value is -2.60. The van der Waals surface area contributed by atoms with E-state index >= 15 is 0 Å². The highest BCUT2D eigenvalue weighted by Gasteiger charge is 2.26. The Morgan fingerprint density at radius 3 is 2.41 bits per heavy atom. The van der Waals surface area contributed by atoms with Crippen molar-refractivity contribution in [3.05, 3.63) is 58.1 Å². The van der Waals surface area contributed by atoms with Gasteiger partial charge in [0.15, 0.2) is 5.11 Å². The highest BCUT2D eigenvalue weighted by atomic mass is 32.2. The number of thiocarbonyl (C=S) groups is 1. The van der Waals surface area contributed by atoms with Crippen LogP contribution in [0.4, 0.5) is 17.1 Å². The SMILES string of the molecule is Cc1ccc(NC(=S)Nc2ccc(S(=O)(=O)N3CCOCC3)cc2)c([N+](=O)[O-])c1. The molecular formula is C18H20N4O5S2. The summed E-state index contributed by atoms with van der Waals surface area (Å²) in [6, 6.07) is 10.9. The van der Waals surface area contributed by atoms with Crippen molar-refractivity contribution in [2.45, 2.75) is 11.8 Å². The van der Waals surface area contributed by atoms with E-state index in [4.69, 9.17) is 17.0 Å². The first-order valence-electron chi connectivity index (χ1n) is 8.78. The van der Waals surface area contributed by atoms with Gasteiger partial charge in [-0.25, -0.2) is 8.42 Å². The number of hydrogen-bond acceptors (Lipinski definition) is 6. The van der Waals surface area contributed by atoms with Gasteiger partial charge in [-0.15, -0.1) is 0 Å². The first kappa shape index (κ1) is 21.1. The zero-order valence-electron chi connectivity index (χ0n) is 15.6. The van der Waals surface area contributed by atoms with E-state index in [1.165, 1.54) is 22.5 Å². The topological polar surface area (TPSA) is 114 Å². The number of nitro groups is 1. The molecule has 1 heterocycles. The highest BCUT2D eigenvalue weighted by Crippen LogP contribution is 2.26. The van der Waals surface area contributed by atoms with E-state index < -0.39 is 14.9 Å². The number of hydrogen-bond donors (Lipinski definition) is 2. The van der Waals surface area contributed by atoms with Crippen molar-refractivity contribution in [3.8, 4) is 0 Å². The smallest absolute Gasteiger partial charge is 0.292 e. The Balaban J connectivity index is 1.68. The normalized spacial score (nSPS) is 14.9. The summed E-state index contributed by atoms with van der Waals surface area (Å²) in [7, 11) is -3.57. The van der Waals surface area contributed by atoms with Gasteiger partial charge in [0.25, 0.3) is 5.69 Å². The molecule has 1 aliphatic rings. The molecule has 154 valence electrons. The summed E-state index contributed by atoms with van der Waals surface area (Å²) in [5, 5.41) is 17.1. The van der Waals surface area contributed by atoms with E-state index in [2.05, 4.69) is 10.6 Å². The van der Waals surface area contributed by atoms with Crippen molar-refractivity contribution < 1.29 is 18.1 Å². The second-order valence-corrected chi connectivity index (χ2v) is 8.74. The van der Waals surface area contributed by atoms with Crippen LogP contribution >= 0.6 is 12.2 Å². The third-order valence-corrected chi connectivity index (χ3v) is 6.44. The number of aryl methyl sites for hydroxylation is 1. The fourth-order valence-electron chi connectivity index (χ4n) is 2.83. The Morgan fingerprint density at radius 1 is 1.14 bits per heavy atom. The molecule has 11 heteroatoms. The Morgan fingerprint density at radius 2 is 1.79 bits per heavy atom. The lowest BCUT2D eigenvalue weighted by Gasteiger charge is -2.26. The van der Waals surface area contributed by atoms with Crippen LogP contribution in [0.2, 0.25) is 0 Å². The largest absolute Gasteiger partial charge is 0.379 e. The molecule has 0 saturated carbocycles. The van der Waals surface area contributed by atoms with Crippen molar-refractivity contribution in [2.75, 3.05) is 36.9 Å². The van der Waals surface area contributed by atoms with Gasteiger partial charge >= 0.3 is 0 Å². The molecule has 29 heavy (non-hydrogen) atoms. The van der Waals surface area contributed by atoms with Crippen molar-refractivity contribution in [2.24, 2.45) is 0 Å². The van der Waals surface area contributed by atoms with Gasteiger partial charge in [-0.3, -0.25) is 10.1 Å². The highest BCUT2D eigenvalue weighted by molar-refractivity contribution is 7.89. The minimum absolute atomic E-state index is 0.0823. The molecule has 0 spiro atoms. The summed E-state index contributed by atoms with van der Waals surface area (Å²) in [6.45, 7) is 3.17. The third kappa shape index (κ3) is 5.07. The average molecular weight is 437 g/mol. The van der Waals surface area contributed by atoms with Gasteiger partial charge in [-0.1, -0.05) is 6.07 Å². The van der Waals surface area contributed by atoms with Crippen LogP contribution in [0.1, 0.15) is 5.56 Å². The van der Waals surface area contributed by atoms with E-state index in [-0.39, 0.29) is 21.4 Å². The van der Waals surface area contributed by atoms with Gasteiger partial charge in [0, 0.05) is 24.8 Å². The monoisotopic (exact) mass is 436 g/mol. The van der Waals surface area contributed by atoms with Crippen LogP contribution in [0.15, 0.2) is 47.4 Å². The summed E-state index contributed by atoms with van der Waals surface area (Å²) in [4.78, 5) is 10.9. The van der Waals surface area contributed by atoms with E-state index in [9.17, 15) is 18.5 Å². The number of benzene rings is 2. The number of morpholine rings is 1. The van der Waals surface area contributed by atoms with Crippen LogP contribution in [0.5, 0.6) is 0 Å². The van der Waals surface area contributed by atoms with Crippen molar-refractivity contribution in [1.29, 1.82) is 0 Å². The van der Waals surface area contributed by atoms with Crippen LogP contribution in [0.25, 0.3) is 0 Å². The molecule has 1 saturated heterocycles. The summed E-state index contributed by atoms with van der Waals surface area (Å²) in [6.07, 6.45) is 0. The van der Waals surface area contributed by atoms with Crippen LogP contribution < -0.4 is 10.6 Å². The molecule has 9 nitrogen and oxygen atoms in total. The van der Waals surface area contributed by atoms with Gasteiger partial charge in [-0.05, 0) is 55.0 Å². The van der Waals surface area contributed by atoms with Crippen LogP contribution in [0, 0.1) is 17.0 Å². The Kier molecular flexibility index (Phi) is 6.42. The molecule has 2 N–H and O–H groups in total. The summed E-state index contributed by atoms with van der Waals surface area (Å²) in [5.41, 5.74) is 1.50. The van der Waals surface area contributed by atoms with Crippen LogP contribution in [-0.4, -0.2) is 49.1 Å². The third-order valence-electron chi connectivity index (χ3n) is 4.32. The number of nitrogens with one attached hydrogen (secondary N) is 2. The van der Waals surface area contributed by atoms with Crippen molar-refractivity contribution in [3.63, 3.8) is 0 Å². The quantitative estimate of drug-likeness (QED) is 0.418. The second kappa shape index (κ2) is 8.82. The molecule has 0 atom stereocenters. The molecule has 0 radical (unpaired) electrons. The first-order valence-corrected chi connectivity index (χ1v) is 10.6. The first-order chi connectivity index (χ1) is 13.8. The number of sulfonamides is 1.